The van der Waals surface area contributed by atoms with Gasteiger partial charge < -0.3 is 10.6 Å². The first-order chi connectivity index (χ1) is 12.3. The van der Waals surface area contributed by atoms with Crippen molar-refractivity contribution in [3.05, 3.63) is 29.3 Å². The van der Waals surface area contributed by atoms with Crippen molar-refractivity contribution in [1.29, 1.82) is 0 Å². The van der Waals surface area contributed by atoms with Crippen LogP contribution in [0.2, 0.25) is 0 Å². The molecule has 1 aromatic heterocycles. The van der Waals surface area contributed by atoms with Crippen molar-refractivity contribution >= 4 is 51.5 Å². The first-order valence-corrected chi connectivity index (χ1v) is 10.1. The summed E-state index contributed by atoms with van der Waals surface area (Å²) in [6.07, 6.45) is 4.67. The number of fused-ring (bicyclic) bond motifs is 1. The summed E-state index contributed by atoms with van der Waals surface area (Å²) in [5.41, 5.74) is 1.12. The molecule has 1 unspecified atom stereocenters. The second kappa shape index (κ2) is 11.0. The first kappa shape index (κ1) is 21.4. The molecule has 2 heterocycles. The highest BCUT2D eigenvalue weighted by Gasteiger charge is 2.22. The van der Waals surface area contributed by atoms with Gasteiger partial charge in [-0.2, -0.15) is 0 Å². The molecule has 1 aliphatic heterocycles. The first-order valence-electron chi connectivity index (χ1n) is 9.33. The Morgan fingerprint density at radius 3 is 2.96 bits per heavy atom. The number of aryl methyl sites for hydroxylation is 1. The predicted molar refractivity (Wildman–Crippen MR) is 123 cm³/mol. The highest BCUT2D eigenvalue weighted by Crippen LogP contribution is 2.22. The zero-order valence-electron chi connectivity index (χ0n) is 15.7. The lowest BCUT2D eigenvalue weighted by molar-refractivity contribution is 0.267. The molecule has 0 saturated carbocycles. The molecule has 144 valence electrons. The van der Waals surface area contributed by atoms with E-state index in [4.69, 9.17) is 4.98 Å². The van der Waals surface area contributed by atoms with E-state index in [9.17, 15) is 0 Å². The van der Waals surface area contributed by atoms with Crippen LogP contribution in [0, 0.1) is 0 Å². The van der Waals surface area contributed by atoms with Crippen LogP contribution in [0.3, 0.4) is 0 Å². The lowest BCUT2D eigenvalue weighted by Crippen LogP contribution is -2.45. The van der Waals surface area contributed by atoms with Crippen LogP contribution < -0.4 is 10.6 Å². The van der Waals surface area contributed by atoms with E-state index in [0.29, 0.717) is 6.04 Å². The van der Waals surface area contributed by atoms with Gasteiger partial charge >= 0.3 is 0 Å². The Hall–Kier alpha value is -0.930. The summed E-state index contributed by atoms with van der Waals surface area (Å²) in [5.74, 6) is 0.909. The molecule has 0 radical (unpaired) electrons. The molecule has 0 aliphatic carbocycles. The quantitative estimate of drug-likeness (QED) is 0.272. The van der Waals surface area contributed by atoms with Crippen LogP contribution in [-0.4, -0.2) is 55.1 Å². The van der Waals surface area contributed by atoms with Gasteiger partial charge in [0.25, 0.3) is 0 Å². The molecule has 7 heteroatoms. The highest BCUT2D eigenvalue weighted by molar-refractivity contribution is 14.0. The maximum absolute atomic E-state index is 4.70. The summed E-state index contributed by atoms with van der Waals surface area (Å²) in [6, 6.07) is 9.00. The number of halogens is 1. The number of para-hydroxylation sites is 1. The largest absolute Gasteiger partial charge is 0.356 e. The SMILES string of the molecule is CCN1CCCC1CNC(=NC)NCCCc1nc2ccccc2s1.I. The van der Waals surface area contributed by atoms with E-state index >= 15 is 0 Å². The van der Waals surface area contributed by atoms with E-state index in [1.54, 1.807) is 11.3 Å². The number of rotatable bonds is 7. The highest BCUT2D eigenvalue weighted by atomic mass is 127. The average Bonchev–Trinajstić information content (AvgIpc) is 3.26. The van der Waals surface area contributed by atoms with Crippen LogP contribution in [0.5, 0.6) is 0 Å². The Balaban J connectivity index is 0.00000243. The van der Waals surface area contributed by atoms with Crippen molar-refractivity contribution in [3.8, 4) is 0 Å². The van der Waals surface area contributed by atoms with Crippen LogP contribution in [0.1, 0.15) is 31.2 Å². The smallest absolute Gasteiger partial charge is 0.191 e. The number of likely N-dealkylation sites (tertiary alicyclic amines) is 1. The van der Waals surface area contributed by atoms with Gasteiger partial charge in [-0.3, -0.25) is 9.89 Å². The summed E-state index contributed by atoms with van der Waals surface area (Å²) in [4.78, 5) is 11.6. The second-order valence-electron chi connectivity index (χ2n) is 6.48. The maximum atomic E-state index is 4.70. The molecule has 3 rings (SSSR count). The molecule has 0 spiro atoms. The summed E-state index contributed by atoms with van der Waals surface area (Å²) in [7, 11) is 1.84. The molecule has 1 atom stereocenters. The lowest BCUT2D eigenvalue weighted by atomic mass is 10.2. The van der Waals surface area contributed by atoms with E-state index in [1.807, 2.05) is 13.1 Å². The van der Waals surface area contributed by atoms with E-state index in [0.717, 1.165) is 44.0 Å². The molecular weight excluding hydrogens is 457 g/mol. The molecular formula is C19H30IN5S. The third-order valence-corrected chi connectivity index (χ3v) is 5.93. The van der Waals surface area contributed by atoms with Crippen molar-refractivity contribution in [3.63, 3.8) is 0 Å². The third kappa shape index (κ3) is 5.79. The van der Waals surface area contributed by atoms with Crippen LogP contribution in [-0.2, 0) is 6.42 Å². The summed E-state index contributed by atoms with van der Waals surface area (Å²) < 4.78 is 1.28. The lowest BCUT2D eigenvalue weighted by Gasteiger charge is -2.23. The Morgan fingerprint density at radius 2 is 2.19 bits per heavy atom. The molecule has 26 heavy (non-hydrogen) atoms. The molecule has 1 aromatic carbocycles. The molecule has 1 saturated heterocycles. The molecule has 2 aromatic rings. The van der Waals surface area contributed by atoms with Crippen molar-refractivity contribution in [1.82, 2.24) is 20.5 Å². The Bertz CT molecular complexity index is 669. The molecule has 0 amide bonds. The second-order valence-corrected chi connectivity index (χ2v) is 7.60. The van der Waals surface area contributed by atoms with Crippen molar-refractivity contribution in [2.45, 2.75) is 38.6 Å². The van der Waals surface area contributed by atoms with E-state index in [-0.39, 0.29) is 24.0 Å². The van der Waals surface area contributed by atoms with Gasteiger partial charge in [0.05, 0.1) is 15.2 Å². The van der Waals surface area contributed by atoms with Crippen LogP contribution in [0.15, 0.2) is 29.3 Å². The van der Waals surface area contributed by atoms with Gasteiger partial charge in [0.1, 0.15) is 0 Å². The number of likely N-dealkylation sites (N-methyl/N-ethyl adjacent to an activating group) is 1. The van der Waals surface area contributed by atoms with E-state index in [1.165, 1.54) is 29.1 Å². The summed E-state index contributed by atoms with van der Waals surface area (Å²) >= 11 is 1.80. The Morgan fingerprint density at radius 1 is 1.35 bits per heavy atom. The van der Waals surface area contributed by atoms with Gasteiger partial charge in [0, 0.05) is 32.6 Å². The molecule has 1 fully saturated rings. The minimum absolute atomic E-state index is 0. The van der Waals surface area contributed by atoms with Gasteiger partial charge in [-0.05, 0) is 44.5 Å². The number of hydrogen-bond acceptors (Lipinski definition) is 4. The van der Waals surface area contributed by atoms with Crippen molar-refractivity contribution in [2.24, 2.45) is 4.99 Å². The van der Waals surface area contributed by atoms with Crippen molar-refractivity contribution in [2.75, 3.05) is 33.2 Å². The third-order valence-electron chi connectivity index (χ3n) is 4.83. The van der Waals surface area contributed by atoms with Gasteiger partial charge in [-0.25, -0.2) is 4.98 Å². The van der Waals surface area contributed by atoms with Crippen LogP contribution in [0.4, 0.5) is 0 Å². The molecule has 5 nitrogen and oxygen atoms in total. The topological polar surface area (TPSA) is 52.5 Å². The fourth-order valence-electron chi connectivity index (χ4n) is 3.45. The van der Waals surface area contributed by atoms with E-state index in [2.05, 4.69) is 45.6 Å². The normalized spacial score (nSPS) is 18.1. The van der Waals surface area contributed by atoms with E-state index < -0.39 is 0 Å². The number of thiazole rings is 1. The van der Waals surface area contributed by atoms with Crippen LogP contribution in [0.25, 0.3) is 10.2 Å². The van der Waals surface area contributed by atoms with Gasteiger partial charge in [0.2, 0.25) is 0 Å². The molecule has 0 bridgehead atoms. The zero-order valence-corrected chi connectivity index (χ0v) is 18.8. The fourth-order valence-corrected chi connectivity index (χ4v) is 4.46. The Labute approximate surface area is 177 Å². The summed E-state index contributed by atoms with van der Waals surface area (Å²) in [5, 5.41) is 8.13. The number of guanidine groups is 1. The average molecular weight is 487 g/mol. The number of aliphatic imine (C=N–C) groups is 1. The van der Waals surface area contributed by atoms with Gasteiger partial charge in [-0.1, -0.05) is 19.1 Å². The fraction of sp³-hybridized carbons (Fsp3) is 0.579. The number of aromatic nitrogens is 1. The zero-order chi connectivity index (χ0) is 17.5. The minimum atomic E-state index is 0. The van der Waals surface area contributed by atoms with Crippen LogP contribution >= 0.6 is 35.3 Å². The monoisotopic (exact) mass is 487 g/mol. The molecule has 2 N–H and O–H groups in total. The number of nitrogens with zero attached hydrogens (tertiary/aromatic N) is 3. The van der Waals surface area contributed by atoms with Gasteiger partial charge in [-0.15, -0.1) is 35.3 Å². The number of benzene rings is 1. The van der Waals surface area contributed by atoms with Crippen molar-refractivity contribution < 1.29 is 0 Å². The number of hydrogen-bond donors (Lipinski definition) is 2. The summed E-state index contributed by atoms with van der Waals surface area (Å²) in [6.45, 7) is 6.51. The number of nitrogens with one attached hydrogen (secondary N) is 2. The van der Waals surface area contributed by atoms with Gasteiger partial charge in [0.15, 0.2) is 5.96 Å². The Kier molecular flexibility index (Phi) is 9.07. The standard InChI is InChI=1S/C19H29N5S.HI/c1-3-24-13-7-8-15(24)14-22-19(20-2)21-12-6-11-18-23-16-9-4-5-10-17(16)25-18;/h4-5,9-10,15H,3,6-8,11-14H2,1-2H3,(H2,20,21,22);1H. The predicted octanol–water partition coefficient (Wildman–Crippen LogP) is 3.50. The molecule has 1 aliphatic rings. The maximum Gasteiger partial charge on any atom is 0.191 e. The minimum Gasteiger partial charge on any atom is -0.356 e.